The molecule has 17 heavy (non-hydrogen) atoms. The lowest BCUT2D eigenvalue weighted by Gasteiger charge is -2.32. The van der Waals surface area contributed by atoms with Gasteiger partial charge in [-0.15, -0.1) is 11.3 Å². The van der Waals surface area contributed by atoms with Crippen LogP contribution in [0.25, 0.3) is 0 Å². The van der Waals surface area contributed by atoms with Gasteiger partial charge in [-0.2, -0.15) is 0 Å². The first-order chi connectivity index (χ1) is 8.17. The van der Waals surface area contributed by atoms with Gasteiger partial charge in [-0.1, -0.05) is 13.8 Å². The Labute approximate surface area is 117 Å². The Morgan fingerprint density at radius 2 is 2.06 bits per heavy atom. The van der Waals surface area contributed by atoms with E-state index >= 15 is 0 Å². The van der Waals surface area contributed by atoms with Gasteiger partial charge in [0.25, 0.3) is 0 Å². The molecular weight excluding hydrogens is 294 g/mol. The van der Waals surface area contributed by atoms with Gasteiger partial charge in [-0.3, -0.25) is 0 Å². The van der Waals surface area contributed by atoms with Gasteiger partial charge >= 0.3 is 0 Å². The lowest BCUT2D eigenvalue weighted by atomic mass is 9.78. The Morgan fingerprint density at radius 1 is 1.35 bits per heavy atom. The molecule has 0 spiro atoms. The van der Waals surface area contributed by atoms with E-state index in [0.717, 1.165) is 6.04 Å². The molecule has 0 radical (unpaired) electrons. The quantitative estimate of drug-likeness (QED) is 0.774. The van der Waals surface area contributed by atoms with Crippen LogP contribution in [0.4, 0.5) is 0 Å². The number of thiophene rings is 1. The summed E-state index contributed by atoms with van der Waals surface area (Å²) < 4.78 is 1.25. The van der Waals surface area contributed by atoms with E-state index in [-0.39, 0.29) is 0 Å². The normalized spacial score (nSPS) is 16.4. The van der Waals surface area contributed by atoms with Gasteiger partial charge in [-0.05, 0) is 65.6 Å². The minimum absolute atomic E-state index is 0.451. The molecule has 1 N–H and O–H groups in total. The number of hydrogen-bond acceptors (Lipinski definition) is 2. The van der Waals surface area contributed by atoms with Crippen molar-refractivity contribution in [2.24, 2.45) is 5.41 Å². The maximum Gasteiger partial charge on any atom is 0.0701 e. The van der Waals surface area contributed by atoms with Gasteiger partial charge in [-0.25, -0.2) is 0 Å². The van der Waals surface area contributed by atoms with Crippen molar-refractivity contribution < 1.29 is 0 Å². The third-order valence-electron chi connectivity index (χ3n) is 4.02. The SMILES string of the molecule is CCC(CC)(CNC1CC1)Cc1ccc(Br)s1. The Hall–Kier alpha value is 0.140. The largest absolute Gasteiger partial charge is 0.313 e. The van der Waals surface area contributed by atoms with Gasteiger partial charge in [0.15, 0.2) is 0 Å². The molecule has 0 saturated heterocycles. The molecule has 0 aromatic carbocycles. The molecule has 1 nitrogen and oxygen atoms in total. The zero-order valence-electron chi connectivity index (χ0n) is 10.8. The molecule has 0 unspecified atom stereocenters. The molecule has 3 heteroatoms. The first-order valence-electron chi connectivity index (χ1n) is 6.65. The maximum absolute atomic E-state index is 3.72. The first-order valence-corrected chi connectivity index (χ1v) is 8.26. The van der Waals surface area contributed by atoms with E-state index in [1.165, 1.54) is 47.3 Å². The Kier molecular flexibility index (Phi) is 4.67. The minimum atomic E-state index is 0.451. The summed E-state index contributed by atoms with van der Waals surface area (Å²) in [5, 5.41) is 3.72. The van der Waals surface area contributed by atoms with Gasteiger partial charge in [0.05, 0.1) is 3.79 Å². The van der Waals surface area contributed by atoms with Crippen LogP contribution in [0.5, 0.6) is 0 Å². The first kappa shape index (κ1) is 13.6. The number of nitrogens with one attached hydrogen (secondary N) is 1. The summed E-state index contributed by atoms with van der Waals surface area (Å²) >= 11 is 5.44. The van der Waals surface area contributed by atoms with Crippen LogP contribution in [0.3, 0.4) is 0 Å². The van der Waals surface area contributed by atoms with Crippen LogP contribution in [0.2, 0.25) is 0 Å². The van der Waals surface area contributed by atoms with Crippen molar-refractivity contribution in [2.45, 2.75) is 52.0 Å². The summed E-state index contributed by atoms with van der Waals surface area (Å²) in [5.74, 6) is 0. The molecule has 1 saturated carbocycles. The minimum Gasteiger partial charge on any atom is -0.313 e. The van der Waals surface area contributed by atoms with Gasteiger partial charge < -0.3 is 5.32 Å². The molecule has 1 aromatic heterocycles. The van der Waals surface area contributed by atoms with E-state index in [1.807, 2.05) is 11.3 Å². The summed E-state index contributed by atoms with van der Waals surface area (Å²) in [4.78, 5) is 1.51. The van der Waals surface area contributed by atoms with Crippen LogP contribution < -0.4 is 5.32 Å². The highest BCUT2D eigenvalue weighted by atomic mass is 79.9. The van der Waals surface area contributed by atoms with E-state index in [4.69, 9.17) is 0 Å². The summed E-state index contributed by atoms with van der Waals surface area (Å²) in [6.45, 7) is 5.85. The van der Waals surface area contributed by atoms with E-state index < -0.39 is 0 Å². The fraction of sp³-hybridized carbons (Fsp3) is 0.714. The molecule has 96 valence electrons. The average Bonchev–Trinajstić information content (AvgIpc) is 3.08. The molecule has 1 aliphatic rings. The second-order valence-electron chi connectivity index (χ2n) is 5.24. The molecule has 0 aliphatic heterocycles. The second kappa shape index (κ2) is 5.85. The van der Waals surface area contributed by atoms with Crippen LogP contribution in [0, 0.1) is 5.41 Å². The van der Waals surface area contributed by atoms with Crippen LogP contribution in [-0.2, 0) is 6.42 Å². The second-order valence-corrected chi connectivity index (χ2v) is 7.79. The van der Waals surface area contributed by atoms with E-state index in [1.54, 1.807) is 0 Å². The Balaban J connectivity index is 1.98. The lowest BCUT2D eigenvalue weighted by molar-refractivity contribution is 0.247. The molecule has 0 amide bonds. The molecule has 1 aromatic rings. The van der Waals surface area contributed by atoms with Crippen LogP contribution >= 0.6 is 27.3 Å². The van der Waals surface area contributed by atoms with Gasteiger partial charge in [0.1, 0.15) is 0 Å². The Bertz CT molecular complexity index is 353. The van der Waals surface area contributed by atoms with Crippen molar-refractivity contribution in [1.29, 1.82) is 0 Å². The Morgan fingerprint density at radius 3 is 2.53 bits per heavy atom. The number of hydrogen-bond donors (Lipinski definition) is 1. The molecule has 0 atom stereocenters. The van der Waals surface area contributed by atoms with Crippen LogP contribution in [0.15, 0.2) is 15.9 Å². The molecule has 0 bridgehead atoms. The molecule has 1 fully saturated rings. The standard InChI is InChI=1S/C14H22BrNS/c1-3-14(4-2,10-16-11-5-6-11)9-12-7-8-13(15)17-12/h7-8,11,16H,3-6,9-10H2,1-2H3. The number of halogens is 1. The smallest absolute Gasteiger partial charge is 0.0701 e. The van der Waals surface area contributed by atoms with E-state index in [2.05, 4.69) is 47.2 Å². The average molecular weight is 316 g/mol. The fourth-order valence-corrected chi connectivity index (χ4v) is 3.93. The van der Waals surface area contributed by atoms with Gasteiger partial charge in [0, 0.05) is 17.5 Å². The van der Waals surface area contributed by atoms with Crippen molar-refractivity contribution in [2.75, 3.05) is 6.54 Å². The maximum atomic E-state index is 3.72. The van der Waals surface area contributed by atoms with Crippen molar-refractivity contribution >= 4 is 27.3 Å². The summed E-state index contributed by atoms with van der Waals surface area (Å²) in [6.07, 6.45) is 6.51. The predicted molar refractivity (Wildman–Crippen MR) is 79.8 cm³/mol. The molecule has 1 heterocycles. The zero-order chi connectivity index (χ0) is 12.3. The summed E-state index contributed by atoms with van der Waals surface area (Å²) in [6, 6.07) is 5.26. The van der Waals surface area contributed by atoms with Crippen LogP contribution in [0.1, 0.15) is 44.4 Å². The molecular formula is C14H22BrNS. The third-order valence-corrected chi connectivity index (χ3v) is 5.64. The van der Waals surface area contributed by atoms with E-state index in [9.17, 15) is 0 Å². The van der Waals surface area contributed by atoms with Gasteiger partial charge in [0.2, 0.25) is 0 Å². The topological polar surface area (TPSA) is 12.0 Å². The third kappa shape index (κ3) is 3.80. The summed E-state index contributed by atoms with van der Waals surface area (Å²) in [5.41, 5.74) is 0.451. The van der Waals surface area contributed by atoms with E-state index in [0.29, 0.717) is 5.41 Å². The highest BCUT2D eigenvalue weighted by molar-refractivity contribution is 9.11. The van der Waals surface area contributed by atoms with Crippen molar-refractivity contribution in [1.82, 2.24) is 5.32 Å². The summed E-state index contributed by atoms with van der Waals surface area (Å²) in [7, 11) is 0. The zero-order valence-corrected chi connectivity index (χ0v) is 13.2. The molecule has 1 aliphatic carbocycles. The molecule has 2 rings (SSSR count). The lowest BCUT2D eigenvalue weighted by Crippen LogP contribution is -2.36. The predicted octanol–water partition coefficient (Wildman–Crippen LogP) is 4.61. The van der Waals surface area contributed by atoms with Crippen molar-refractivity contribution in [3.8, 4) is 0 Å². The monoisotopic (exact) mass is 315 g/mol. The van der Waals surface area contributed by atoms with Crippen molar-refractivity contribution in [3.63, 3.8) is 0 Å². The fourth-order valence-electron chi connectivity index (χ4n) is 2.28. The van der Waals surface area contributed by atoms with Crippen molar-refractivity contribution in [3.05, 3.63) is 20.8 Å². The van der Waals surface area contributed by atoms with Crippen LogP contribution in [-0.4, -0.2) is 12.6 Å². The highest BCUT2D eigenvalue weighted by Crippen LogP contribution is 2.35. The number of rotatable bonds is 7. The highest BCUT2D eigenvalue weighted by Gasteiger charge is 2.30.